The van der Waals surface area contributed by atoms with E-state index in [1.165, 1.54) is 0 Å². The van der Waals surface area contributed by atoms with Crippen LogP contribution in [0.15, 0.2) is 64.6 Å². The van der Waals surface area contributed by atoms with E-state index in [1.54, 1.807) is 6.07 Å². The van der Waals surface area contributed by atoms with Crippen LogP contribution in [0.1, 0.15) is 28.8 Å². The summed E-state index contributed by atoms with van der Waals surface area (Å²) in [5, 5.41) is 2.93. The first-order chi connectivity index (χ1) is 10.8. The van der Waals surface area contributed by atoms with Gasteiger partial charge >= 0.3 is 0 Å². The molecule has 0 saturated heterocycles. The average molecular weight is 289 g/mol. The molecule has 0 aromatic heterocycles. The number of amidine groups is 2. The van der Waals surface area contributed by atoms with Crippen LogP contribution < -0.4 is 5.32 Å². The third-order valence-corrected chi connectivity index (χ3v) is 3.83. The number of fused-ring (bicyclic) bond motifs is 1. The van der Waals surface area contributed by atoms with E-state index >= 15 is 0 Å². The zero-order valence-electron chi connectivity index (χ0n) is 12.0. The number of nitrogens with one attached hydrogen (secondary N) is 1. The third kappa shape index (κ3) is 2.44. The normalized spacial score (nSPS) is 17.5. The Bertz CT molecular complexity index is 789. The molecule has 0 spiro atoms. The average Bonchev–Trinajstić information content (AvgIpc) is 3.38. The summed E-state index contributed by atoms with van der Waals surface area (Å²) in [6, 6.07) is 17.1. The Labute approximate surface area is 128 Å². The number of carbonyl (C=O) groups excluding carboxylic acids is 1. The number of benzene rings is 2. The molecule has 1 amide bonds. The van der Waals surface area contributed by atoms with Crippen molar-refractivity contribution in [3.05, 3.63) is 65.7 Å². The molecule has 2 aromatic carbocycles. The summed E-state index contributed by atoms with van der Waals surface area (Å²) in [7, 11) is 0. The minimum atomic E-state index is -0.170. The fourth-order valence-corrected chi connectivity index (χ4v) is 2.49. The summed E-state index contributed by atoms with van der Waals surface area (Å²) >= 11 is 0. The van der Waals surface area contributed by atoms with Gasteiger partial charge in [-0.3, -0.25) is 4.79 Å². The molecule has 2 aliphatic rings. The van der Waals surface area contributed by atoms with Gasteiger partial charge in [-0.05, 0) is 25.0 Å². The summed E-state index contributed by atoms with van der Waals surface area (Å²) in [5.74, 6) is 1.62. The van der Waals surface area contributed by atoms with E-state index in [2.05, 4.69) is 15.3 Å². The highest BCUT2D eigenvalue weighted by atomic mass is 16.1. The first-order valence-electron chi connectivity index (χ1n) is 7.44. The SMILES string of the molecule is O=C1NC(c2ccccc2)=NC(C2CC2)=Nc2ccccc21. The lowest BCUT2D eigenvalue weighted by Gasteiger charge is -2.14. The fourth-order valence-electron chi connectivity index (χ4n) is 2.49. The maximum atomic E-state index is 12.5. The van der Waals surface area contributed by atoms with Gasteiger partial charge < -0.3 is 5.32 Å². The van der Waals surface area contributed by atoms with E-state index in [0.29, 0.717) is 23.0 Å². The second-order valence-electron chi connectivity index (χ2n) is 5.54. The number of rotatable bonds is 2. The number of para-hydroxylation sites is 1. The molecule has 1 fully saturated rings. The van der Waals surface area contributed by atoms with Crippen molar-refractivity contribution in [2.75, 3.05) is 0 Å². The smallest absolute Gasteiger partial charge is 0.259 e. The summed E-state index contributed by atoms with van der Waals surface area (Å²) in [6.07, 6.45) is 2.22. The number of hydrogen-bond acceptors (Lipinski definition) is 3. The van der Waals surface area contributed by atoms with Crippen LogP contribution in [0.3, 0.4) is 0 Å². The molecule has 0 bridgehead atoms. The standard InChI is InChI=1S/C18H15N3O/c22-18-14-8-4-5-9-15(14)19-16(13-10-11-13)20-17(21-18)12-6-2-1-3-7-12/h1-9,13H,10-11H2,(H,19,20,21,22). The molecule has 4 heteroatoms. The maximum absolute atomic E-state index is 12.5. The van der Waals surface area contributed by atoms with Crippen molar-refractivity contribution in [2.45, 2.75) is 12.8 Å². The molecule has 0 unspecified atom stereocenters. The van der Waals surface area contributed by atoms with E-state index in [1.807, 2.05) is 48.5 Å². The quantitative estimate of drug-likeness (QED) is 0.906. The van der Waals surface area contributed by atoms with Crippen LogP contribution in [0, 0.1) is 5.92 Å². The Morgan fingerprint density at radius 1 is 0.909 bits per heavy atom. The van der Waals surface area contributed by atoms with Crippen molar-refractivity contribution >= 4 is 23.3 Å². The fraction of sp³-hybridized carbons (Fsp3) is 0.167. The molecule has 0 radical (unpaired) electrons. The second-order valence-corrected chi connectivity index (χ2v) is 5.54. The highest BCUT2D eigenvalue weighted by molar-refractivity contribution is 6.18. The molecule has 1 saturated carbocycles. The van der Waals surface area contributed by atoms with Crippen LogP contribution >= 0.6 is 0 Å². The van der Waals surface area contributed by atoms with Crippen molar-refractivity contribution < 1.29 is 4.79 Å². The molecule has 108 valence electrons. The Hall–Kier alpha value is -2.75. The Balaban J connectivity index is 1.85. The van der Waals surface area contributed by atoms with E-state index in [-0.39, 0.29) is 5.91 Å². The minimum absolute atomic E-state index is 0.170. The van der Waals surface area contributed by atoms with E-state index in [9.17, 15) is 4.79 Å². The molecule has 1 heterocycles. The van der Waals surface area contributed by atoms with Crippen molar-refractivity contribution in [1.82, 2.24) is 5.32 Å². The topological polar surface area (TPSA) is 53.8 Å². The Kier molecular flexibility index (Phi) is 3.07. The monoisotopic (exact) mass is 289 g/mol. The van der Waals surface area contributed by atoms with Crippen LogP contribution in [-0.2, 0) is 0 Å². The lowest BCUT2D eigenvalue weighted by molar-refractivity contribution is 0.0978. The molecule has 4 rings (SSSR count). The van der Waals surface area contributed by atoms with Gasteiger partial charge in [-0.15, -0.1) is 0 Å². The number of nitrogens with zero attached hydrogens (tertiary/aromatic N) is 2. The zero-order valence-corrected chi connectivity index (χ0v) is 12.0. The van der Waals surface area contributed by atoms with Crippen molar-refractivity contribution in [3.63, 3.8) is 0 Å². The summed E-state index contributed by atoms with van der Waals surface area (Å²) in [6.45, 7) is 0. The van der Waals surface area contributed by atoms with Crippen LogP contribution in [0.2, 0.25) is 0 Å². The van der Waals surface area contributed by atoms with Crippen molar-refractivity contribution in [3.8, 4) is 0 Å². The summed E-state index contributed by atoms with van der Waals surface area (Å²) < 4.78 is 0. The zero-order chi connectivity index (χ0) is 14.9. The van der Waals surface area contributed by atoms with Crippen LogP contribution in [0.4, 0.5) is 5.69 Å². The molecule has 1 aliphatic heterocycles. The van der Waals surface area contributed by atoms with E-state index < -0.39 is 0 Å². The minimum Gasteiger partial charge on any atom is -0.306 e. The molecule has 4 nitrogen and oxygen atoms in total. The van der Waals surface area contributed by atoms with Crippen LogP contribution in [0.5, 0.6) is 0 Å². The van der Waals surface area contributed by atoms with Gasteiger partial charge in [-0.2, -0.15) is 0 Å². The predicted octanol–water partition coefficient (Wildman–Crippen LogP) is 3.32. The first-order valence-corrected chi connectivity index (χ1v) is 7.44. The lowest BCUT2D eigenvalue weighted by Crippen LogP contribution is -2.33. The number of aliphatic imine (C=N–C) groups is 2. The van der Waals surface area contributed by atoms with Crippen LogP contribution in [-0.4, -0.2) is 17.6 Å². The molecule has 2 aromatic rings. The lowest BCUT2D eigenvalue weighted by atomic mass is 10.1. The summed E-state index contributed by atoms with van der Waals surface area (Å²) in [5.41, 5.74) is 2.17. The Morgan fingerprint density at radius 2 is 1.64 bits per heavy atom. The van der Waals surface area contributed by atoms with Crippen molar-refractivity contribution in [2.24, 2.45) is 15.9 Å². The Morgan fingerprint density at radius 3 is 2.41 bits per heavy atom. The molecular formula is C18H15N3O. The number of carbonyl (C=O) groups is 1. The van der Waals surface area contributed by atoms with Crippen molar-refractivity contribution in [1.29, 1.82) is 0 Å². The van der Waals surface area contributed by atoms with Crippen LogP contribution in [0.25, 0.3) is 0 Å². The van der Waals surface area contributed by atoms with Gasteiger partial charge in [-0.1, -0.05) is 42.5 Å². The highest BCUT2D eigenvalue weighted by Crippen LogP contribution is 2.34. The third-order valence-electron chi connectivity index (χ3n) is 3.83. The number of amides is 1. The molecule has 0 atom stereocenters. The molecule has 22 heavy (non-hydrogen) atoms. The second kappa shape index (κ2) is 5.22. The van der Waals surface area contributed by atoms with Gasteiger partial charge in [-0.25, -0.2) is 9.98 Å². The highest BCUT2D eigenvalue weighted by Gasteiger charge is 2.30. The van der Waals surface area contributed by atoms with E-state index in [0.717, 1.165) is 24.2 Å². The van der Waals surface area contributed by atoms with Gasteiger partial charge in [0.05, 0.1) is 11.3 Å². The van der Waals surface area contributed by atoms with Gasteiger partial charge in [0.15, 0.2) is 0 Å². The largest absolute Gasteiger partial charge is 0.306 e. The van der Waals surface area contributed by atoms with Gasteiger partial charge in [0.2, 0.25) is 0 Å². The maximum Gasteiger partial charge on any atom is 0.259 e. The van der Waals surface area contributed by atoms with Gasteiger partial charge in [0.25, 0.3) is 5.91 Å². The first kappa shape index (κ1) is 13.0. The summed E-state index contributed by atoms with van der Waals surface area (Å²) in [4.78, 5) is 21.8. The molecular weight excluding hydrogens is 274 g/mol. The van der Waals surface area contributed by atoms with Gasteiger partial charge in [0.1, 0.15) is 11.7 Å². The van der Waals surface area contributed by atoms with Gasteiger partial charge in [0, 0.05) is 11.5 Å². The number of hydrogen-bond donors (Lipinski definition) is 1. The van der Waals surface area contributed by atoms with E-state index in [4.69, 9.17) is 0 Å². The molecule has 1 aliphatic carbocycles. The predicted molar refractivity (Wildman–Crippen MR) is 86.7 cm³/mol. The molecule has 1 N–H and O–H groups in total.